The number of oxazole rings is 1. The number of fused-ring (bicyclic) bond motifs is 2. The summed E-state index contributed by atoms with van der Waals surface area (Å²) < 4.78 is 10.8. The van der Waals surface area contributed by atoms with Crippen LogP contribution in [0.3, 0.4) is 0 Å². The molecule has 2 aromatic carbocycles. The zero-order valence-corrected chi connectivity index (χ0v) is 14.1. The molecule has 5 heteroatoms. The molecule has 25 heavy (non-hydrogen) atoms. The fourth-order valence-electron chi connectivity index (χ4n) is 2.99. The van der Waals surface area contributed by atoms with Crippen LogP contribution in [0.25, 0.3) is 22.1 Å². The fraction of sp³-hybridized carbons (Fsp3) is 0.200. The zero-order valence-electron chi connectivity index (χ0n) is 14.1. The van der Waals surface area contributed by atoms with E-state index in [1.54, 1.807) is 6.07 Å². The summed E-state index contributed by atoms with van der Waals surface area (Å²) in [5, 5.41) is 4.29. The molecule has 0 saturated carbocycles. The average molecular weight is 334 g/mol. The van der Waals surface area contributed by atoms with Gasteiger partial charge in [-0.25, -0.2) is 9.78 Å². The number of aromatic nitrogens is 1. The molecular weight excluding hydrogens is 316 g/mol. The van der Waals surface area contributed by atoms with Crippen molar-refractivity contribution in [3.05, 3.63) is 69.9 Å². The standard InChI is InChI=1S/C20H18N2O3/c1-3-13-4-6-16-14(9-20(23)25-19(16)8-13)11-21-15-5-7-18-17(10-15)22-12(2)24-18/h4-10,21H,3,11H2,1-2H3. The van der Waals surface area contributed by atoms with Gasteiger partial charge in [0.15, 0.2) is 11.5 Å². The summed E-state index contributed by atoms with van der Waals surface area (Å²) in [6.45, 7) is 4.43. The van der Waals surface area contributed by atoms with E-state index in [2.05, 4.69) is 23.3 Å². The molecule has 0 radical (unpaired) electrons. The van der Waals surface area contributed by atoms with Crippen LogP contribution < -0.4 is 10.9 Å². The Morgan fingerprint density at radius 1 is 1.04 bits per heavy atom. The molecule has 0 fully saturated rings. The Morgan fingerprint density at radius 3 is 2.76 bits per heavy atom. The van der Waals surface area contributed by atoms with Crippen molar-refractivity contribution in [1.82, 2.24) is 4.98 Å². The lowest BCUT2D eigenvalue weighted by molar-refractivity contribution is 0.558. The van der Waals surface area contributed by atoms with E-state index in [0.717, 1.165) is 39.7 Å². The fourth-order valence-corrected chi connectivity index (χ4v) is 2.99. The summed E-state index contributed by atoms with van der Waals surface area (Å²) in [6, 6.07) is 13.3. The maximum Gasteiger partial charge on any atom is 0.336 e. The molecule has 0 aliphatic heterocycles. The van der Waals surface area contributed by atoms with Gasteiger partial charge < -0.3 is 14.2 Å². The van der Waals surface area contributed by atoms with Crippen molar-refractivity contribution in [2.24, 2.45) is 0 Å². The molecule has 4 aromatic rings. The van der Waals surface area contributed by atoms with E-state index in [9.17, 15) is 4.79 Å². The van der Waals surface area contributed by atoms with Crippen LogP contribution in [0.2, 0.25) is 0 Å². The van der Waals surface area contributed by atoms with E-state index in [-0.39, 0.29) is 5.63 Å². The molecule has 0 bridgehead atoms. The Bertz CT molecular complexity index is 1120. The molecule has 0 spiro atoms. The summed E-state index contributed by atoms with van der Waals surface area (Å²) in [6.07, 6.45) is 0.902. The normalized spacial score (nSPS) is 11.3. The molecule has 5 nitrogen and oxygen atoms in total. The first-order valence-corrected chi connectivity index (χ1v) is 8.29. The lowest BCUT2D eigenvalue weighted by atomic mass is 10.1. The van der Waals surface area contributed by atoms with Crippen LogP contribution in [0.1, 0.15) is 23.9 Å². The highest BCUT2D eigenvalue weighted by Crippen LogP contribution is 2.22. The minimum atomic E-state index is -0.333. The van der Waals surface area contributed by atoms with Gasteiger partial charge in [-0.2, -0.15) is 0 Å². The molecule has 4 rings (SSSR count). The summed E-state index contributed by atoms with van der Waals surface area (Å²) in [7, 11) is 0. The second kappa shape index (κ2) is 6.09. The van der Waals surface area contributed by atoms with E-state index < -0.39 is 0 Å². The third-order valence-corrected chi connectivity index (χ3v) is 4.28. The molecule has 0 atom stereocenters. The van der Waals surface area contributed by atoms with Gasteiger partial charge in [0.2, 0.25) is 0 Å². The van der Waals surface area contributed by atoms with Gasteiger partial charge in [-0.3, -0.25) is 0 Å². The monoisotopic (exact) mass is 334 g/mol. The van der Waals surface area contributed by atoms with Gasteiger partial charge in [-0.1, -0.05) is 19.1 Å². The Labute approximate surface area is 144 Å². The van der Waals surface area contributed by atoms with Gasteiger partial charge in [0.05, 0.1) is 0 Å². The summed E-state index contributed by atoms with van der Waals surface area (Å²) in [4.78, 5) is 16.2. The summed E-state index contributed by atoms with van der Waals surface area (Å²) in [5.41, 5.74) is 4.85. The van der Waals surface area contributed by atoms with Crippen molar-refractivity contribution in [3.8, 4) is 0 Å². The summed E-state index contributed by atoms with van der Waals surface area (Å²) >= 11 is 0. The van der Waals surface area contributed by atoms with Crippen molar-refractivity contribution in [2.75, 3.05) is 5.32 Å². The quantitative estimate of drug-likeness (QED) is 0.560. The van der Waals surface area contributed by atoms with Gasteiger partial charge >= 0.3 is 5.63 Å². The molecule has 0 amide bonds. The zero-order chi connectivity index (χ0) is 17.4. The SMILES string of the molecule is CCc1ccc2c(CNc3ccc4oc(C)nc4c3)cc(=O)oc2c1. The third kappa shape index (κ3) is 3.01. The maximum absolute atomic E-state index is 11.9. The van der Waals surface area contributed by atoms with Crippen LogP contribution in [0.5, 0.6) is 0 Å². The van der Waals surface area contributed by atoms with Crippen LogP contribution >= 0.6 is 0 Å². The Hall–Kier alpha value is -3.08. The van der Waals surface area contributed by atoms with Crippen LogP contribution in [-0.4, -0.2) is 4.98 Å². The third-order valence-electron chi connectivity index (χ3n) is 4.28. The number of anilines is 1. The minimum absolute atomic E-state index is 0.333. The van der Waals surface area contributed by atoms with E-state index >= 15 is 0 Å². The topological polar surface area (TPSA) is 68.3 Å². The lowest BCUT2D eigenvalue weighted by Crippen LogP contribution is -2.06. The highest BCUT2D eigenvalue weighted by Gasteiger charge is 2.08. The van der Waals surface area contributed by atoms with Crippen LogP contribution in [-0.2, 0) is 13.0 Å². The maximum atomic E-state index is 11.9. The first kappa shape index (κ1) is 15.4. The number of benzene rings is 2. The molecule has 0 unspecified atom stereocenters. The van der Waals surface area contributed by atoms with Gasteiger partial charge in [-0.05, 0) is 41.8 Å². The predicted octanol–water partition coefficient (Wildman–Crippen LogP) is 4.42. The molecular formula is C20H18N2O3. The molecule has 2 heterocycles. The Balaban J connectivity index is 1.66. The number of hydrogen-bond donors (Lipinski definition) is 1. The van der Waals surface area contributed by atoms with Crippen molar-refractivity contribution in [1.29, 1.82) is 0 Å². The second-order valence-electron chi connectivity index (χ2n) is 6.04. The van der Waals surface area contributed by atoms with Crippen molar-refractivity contribution in [3.63, 3.8) is 0 Å². The van der Waals surface area contributed by atoms with Crippen molar-refractivity contribution < 1.29 is 8.83 Å². The van der Waals surface area contributed by atoms with E-state index in [0.29, 0.717) is 18.0 Å². The molecule has 2 aromatic heterocycles. The van der Waals surface area contributed by atoms with Gasteiger partial charge in [-0.15, -0.1) is 0 Å². The number of hydrogen-bond acceptors (Lipinski definition) is 5. The smallest absolute Gasteiger partial charge is 0.336 e. The number of aryl methyl sites for hydroxylation is 2. The number of nitrogens with one attached hydrogen (secondary N) is 1. The minimum Gasteiger partial charge on any atom is -0.441 e. The van der Waals surface area contributed by atoms with Crippen LogP contribution in [0.4, 0.5) is 5.69 Å². The summed E-state index contributed by atoms with van der Waals surface area (Å²) in [5.74, 6) is 0.644. The molecule has 0 aliphatic carbocycles. The van der Waals surface area contributed by atoms with Gasteiger partial charge in [0.1, 0.15) is 11.1 Å². The number of rotatable bonds is 4. The largest absolute Gasteiger partial charge is 0.441 e. The van der Waals surface area contributed by atoms with Gasteiger partial charge in [0, 0.05) is 30.6 Å². The Kier molecular flexibility index (Phi) is 3.76. The first-order chi connectivity index (χ1) is 12.1. The van der Waals surface area contributed by atoms with E-state index in [1.807, 2.05) is 37.3 Å². The van der Waals surface area contributed by atoms with E-state index in [1.165, 1.54) is 0 Å². The highest BCUT2D eigenvalue weighted by atomic mass is 16.4. The highest BCUT2D eigenvalue weighted by molar-refractivity contribution is 5.81. The van der Waals surface area contributed by atoms with Crippen molar-refractivity contribution >= 4 is 27.8 Å². The second-order valence-corrected chi connectivity index (χ2v) is 6.04. The first-order valence-electron chi connectivity index (χ1n) is 8.29. The predicted molar refractivity (Wildman–Crippen MR) is 97.9 cm³/mol. The number of nitrogens with zero attached hydrogens (tertiary/aromatic N) is 1. The van der Waals surface area contributed by atoms with Gasteiger partial charge in [0.25, 0.3) is 0 Å². The van der Waals surface area contributed by atoms with E-state index in [4.69, 9.17) is 8.83 Å². The molecule has 0 saturated heterocycles. The molecule has 126 valence electrons. The van der Waals surface area contributed by atoms with Crippen LogP contribution in [0.15, 0.2) is 56.1 Å². The Morgan fingerprint density at radius 2 is 1.92 bits per heavy atom. The van der Waals surface area contributed by atoms with Crippen molar-refractivity contribution in [2.45, 2.75) is 26.8 Å². The van der Waals surface area contributed by atoms with Crippen LogP contribution in [0, 0.1) is 6.92 Å². The lowest BCUT2D eigenvalue weighted by Gasteiger charge is -2.09. The average Bonchev–Trinajstić information content (AvgIpc) is 2.98. The molecule has 1 N–H and O–H groups in total. The molecule has 0 aliphatic rings.